The van der Waals surface area contributed by atoms with Gasteiger partial charge in [0.1, 0.15) is 13.2 Å². The average Bonchev–Trinajstić information content (AvgIpc) is 3.31. The van der Waals surface area contributed by atoms with Crippen LogP contribution in [0.2, 0.25) is 0 Å². The maximum atomic E-state index is 12.8. The van der Waals surface area contributed by atoms with E-state index < -0.39 is 6.10 Å². The molecule has 0 aromatic rings. The molecule has 6 heteroatoms. The van der Waals surface area contributed by atoms with E-state index in [1.807, 2.05) is 0 Å². The third-order valence-electron chi connectivity index (χ3n) is 12.6. The van der Waals surface area contributed by atoms with E-state index in [2.05, 4.69) is 69.4 Å². The Morgan fingerprint density at radius 2 is 0.545 bits per heavy atom. The molecule has 0 heterocycles. The van der Waals surface area contributed by atoms with Gasteiger partial charge in [0.2, 0.25) is 0 Å². The normalized spacial score (nSPS) is 12.3. The first-order valence-electron chi connectivity index (χ1n) is 28.6. The standard InChI is InChI=1S/C60H108O6/c1-4-7-10-13-16-19-22-25-28-31-34-37-40-43-46-49-52-58(61)64-55-57(66-60(63)54-51-48-45-42-39-36-33-30-27-24-21-18-15-12-9-6-3)56-65-59(62)53-50-47-44-41-38-35-32-29-26-23-20-17-14-11-8-5-2/h19,21-22,24,28,30-31,33,57H,4-18,20,23,25-27,29,32,34-56H2,1-3H3/b22-19-,24-21-,31-28-,33-30-. The molecule has 0 aromatic carbocycles. The molecule has 0 fully saturated rings. The van der Waals surface area contributed by atoms with Gasteiger partial charge < -0.3 is 14.2 Å². The van der Waals surface area contributed by atoms with Gasteiger partial charge in [0.15, 0.2) is 6.10 Å². The highest BCUT2D eigenvalue weighted by atomic mass is 16.6. The smallest absolute Gasteiger partial charge is 0.306 e. The molecule has 0 bridgehead atoms. The highest BCUT2D eigenvalue weighted by molar-refractivity contribution is 5.71. The monoisotopic (exact) mass is 925 g/mol. The summed E-state index contributed by atoms with van der Waals surface area (Å²) in [5, 5.41) is 0. The molecule has 384 valence electrons. The van der Waals surface area contributed by atoms with Gasteiger partial charge in [-0.15, -0.1) is 0 Å². The molecule has 66 heavy (non-hydrogen) atoms. The van der Waals surface area contributed by atoms with Crippen molar-refractivity contribution in [2.24, 2.45) is 0 Å². The van der Waals surface area contributed by atoms with Crippen molar-refractivity contribution in [1.29, 1.82) is 0 Å². The Kier molecular flexibility index (Phi) is 52.8. The number of rotatable bonds is 52. The van der Waals surface area contributed by atoms with Crippen LogP contribution < -0.4 is 0 Å². The second-order valence-electron chi connectivity index (χ2n) is 19.2. The van der Waals surface area contributed by atoms with E-state index >= 15 is 0 Å². The van der Waals surface area contributed by atoms with Crippen LogP contribution in [0, 0.1) is 0 Å². The van der Waals surface area contributed by atoms with Crippen molar-refractivity contribution in [1.82, 2.24) is 0 Å². The molecule has 0 saturated heterocycles. The Bertz CT molecular complexity index is 1150. The van der Waals surface area contributed by atoms with Gasteiger partial charge in [-0.3, -0.25) is 14.4 Å². The first kappa shape index (κ1) is 63.4. The zero-order valence-corrected chi connectivity index (χ0v) is 44.0. The van der Waals surface area contributed by atoms with E-state index in [1.54, 1.807) is 0 Å². The van der Waals surface area contributed by atoms with Gasteiger partial charge in [0.05, 0.1) is 0 Å². The summed E-state index contributed by atoms with van der Waals surface area (Å²) in [4.78, 5) is 38.1. The van der Waals surface area contributed by atoms with Gasteiger partial charge >= 0.3 is 17.9 Å². The Morgan fingerprint density at radius 1 is 0.303 bits per heavy atom. The molecule has 1 unspecified atom stereocenters. The van der Waals surface area contributed by atoms with E-state index in [0.29, 0.717) is 19.3 Å². The molecule has 0 aliphatic carbocycles. The van der Waals surface area contributed by atoms with Crippen LogP contribution in [0.1, 0.15) is 297 Å². The van der Waals surface area contributed by atoms with Gasteiger partial charge in [0, 0.05) is 19.3 Å². The fourth-order valence-electron chi connectivity index (χ4n) is 8.21. The summed E-state index contributed by atoms with van der Waals surface area (Å²) in [5.41, 5.74) is 0. The van der Waals surface area contributed by atoms with E-state index in [9.17, 15) is 14.4 Å². The lowest BCUT2D eigenvalue weighted by atomic mass is 10.0. The van der Waals surface area contributed by atoms with Crippen molar-refractivity contribution in [3.63, 3.8) is 0 Å². The molecule has 0 radical (unpaired) electrons. The summed E-state index contributed by atoms with van der Waals surface area (Å²) < 4.78 is 16.9. The van der Waals surface area contributed by atoms with Crippen LogP contribution >= 0.6 is 0 Å². The van der Waals surface area contributed by atoms with Gasteiger partial charge in [-0.2, -0.15) is 0 Å². The van der Waals surface area contributed by atoms with Crippen LogP contribution in [-0.4, -0.2) is 37.2 Å². The number of esters is 3. The summed E-state index contributed by atoms with van der Waals surface area (Å²) in [7, 11) is 0. The van der Waals surface area contributed by atoms with Crippen LogP contribution in [0.25, 0.3) is 0 Å². The highest BCUT2D eigenvalue weighted by Gasteiger charge is 2.19. The second-order valence-corrected chi connectivity index (χ2v) is 19.2. The first-order valence-corrected chi connectivity index (χ1v) is 28.6. The molecule has 0 saturated carbocycles. The predicted molar refractivity (Wildman–Crippen MR) is 284 cm³/mol. The number of hydrogen-bond donors (Lipinski definition) is 0. The average molecular weight is 926 g/mol. The third kappa shape index (κ3) is 52.3. The van der Waals surface area contributed by atoms with Crippen LogP contribution in [0.3, 0.4) is 0 Å². The van der Waals surface area contributed by atoms with Gasteiger partial charge in [0.25, 0.3) is 0 Å². The van der Waals surface area contributed by atoms with E-state index in [0.717, 1.165) is 103 Å². The summed E-state index contributed by atoms with van der Waals surface area (Å²) >= 11 is 0. The number of allylic oxidation sites excluding steroid dienone is 8. The number of carbonyl (C=O) groups is 3. The number of unbranched alkanes of at least 4 members (excludes halogenated alkanes) is 33. The molecule has 0 N–H and O–H groups in total. The topological polar surface area (TPSA) is 78.9 Å². The fraction of sp³-hybridized carbons (Fsp3) is 0.817. The van der Waals surface area contributed by atoms with Gasteiger partial charge in [-0.05, 0) is 83.5 Å². The molecule has 1 atom stereocenters. The first-order chi connectivity index (χ1) is 32.5. The third-order valence-corrected chi connectivity index (χ3v) is 12.6. The molecule has 0 aliphatic rings. The largest absolute Gasteiger partial charge is 0.462 e. The number of ether oxygens (including phenoxy) is 3. The van der Waals surface area contributed by atoms with E-state index in [4.69, 9.17) is 14.2 Å². The molecule has 0 aromatic heterocycles. The molecular weight excluding hydrogens is 817 g/mol. The minimum Gasteiger partial charge on any atom is -0.462 e. The van der Waals surface area contributed by atoms with Crippen molar-refractivity contribution in [2.75, 3.05) is 13.2 Å². The lowest BCUT2D eigenvalue weighted by molar-refractivity contribution is -0.167. The summed E-state index contributed by atoms with van der Waals surface area (Å²) in [6.45, 7) is 6.61. The zero-order valence-electron chi connectivity index (χ0n) is 44.0. The predicted octanol–water partition coefficient (Wildman–Crippen LogP) is 19.0. The van der Waals surface area contributed by atoms with Crippen molar-refractivity contribution in [3.05, 3.63) is 48.6 Å². The Labute approximate surface area is 409 Å². The number of carbonyl (C=O) groups excluding carboxylic acids is 3. The summed E-state index contributed by atoms with van der Waals surface area (Å²) in [6, 6.07) is 0. The molecule has 0 rings (SSSR count). The van der Waals surface area contributed by atoms with Crippen LogP contribution in [0.4, 0.5) is 0 Å². The number of hydrogen-bond acceptors (Lipinski definition) is 6. The summed E-state index contributed by atoms with van der Waals surface area (Å²) in [5.74, 6) is -0.895. The highest BCUT2D eigenvalue weighted by Crippen LogP contribution is 2.16. The maximum absolute atomic E-state index is 12.8. The molecule has 0 aliphatic heterocycles. The quantitative estimate of drug-likeness (QED) is 0.0262. The van der Waals surface area contributed by atoms with Gasteiger partial charge in [-0.25, -0.2) is 0 Å². The van der Waals surface area contributed by atoms with Crippen molar-refractivity contribution >= 4 is 17.9 Å². The van der Waals surface area contributed by atoms with Crippen molar-refractivity contribution < 1.29 is 28.6 Å². The SMILES string of the molecule is CCCCCC/C=C\C/C=C\CCCCCCCC(=O)OCC(COC(=O)CCCCCCCCCCCCCCCCCC)OC(=O)CCCCCCC/C=C\C/C=C\CCCCCC. The minimum atomic E-state index is -0.784. The fourth-order valence-corrected chi connectivity index (χ4v) is 8.21. The Hall–Kier alpha value is -2.63. The molecule has 0 amide bonds. The van der Waals surface area contributed by atoms with Crippen molar-refractivity contribution in [2.45, 2.75) is 303 Å². The minimum absolute atomic E-state index is 0.0806. The second kappa shape index (κ2) is 55.0. The van der Waals surface area contributed by atoms with Crippen LogP contribution in [0.15, 0.2) is 48.6 Å². The maximum Gasteiger partial charge on any atom is 0.306 e. The van der Waals surface area contributed by atoms with E-state index in [1.165, 1.54) is 154 Å². The van der Waals surface area contributed by atoms with E-state index in [-0.39, 0.29) is 31.1 Å². The molecule has 0 spiro atoms. The van der Waals surface area contributed by atoms with Gasteiger partial charge in [-0.1, -0.05) is 243 Å². The molecule has 6 nitrogen and oxygen atoms in total. The molecular formula is C60H108O6. The van der Waals surface area contributed by atoms with Crippen LogP contribution in [0.5, 0.6) is 0 Å². The van der Waals surface area contributed by atoms with Crippen molar-refractivity contribution in [3.8, 4) is 0 Å². The zero-order chi connectivity index (χ0) is 47.9. The Balaban J connectivity index is 4.40. The lowest BCUT2D eigenvalue weighted by Gasteiger charge is -2.18. The van der Waals surface area contributed by atoms with Crippen LogP contribution in [-0.2, 0) is 28.6 Å². The lowest BCUT2D eigenvalue weighted by Crippen LogP contribution is -2.30. The summed E-state index contributed by atoms with van der Waals surface area (Å²) in [6.07, 6.45) is 66.6. The Morgan fingerprint density at radius 3 is 0.848 bits per heavy atom.